The van der Waals surface area contributed by atoms with Crippen LogP contribution in [0.2, 0.25) is 0 Å². The molecule has 1 aliphatic heterocycles. The van der Waals surface area contributed by atoms with Crippen molar-refractivity contribution in [3.63, 3.8) is 0 Å². The lowest BCUT2D eigenvalue weighted by Crippen LogP contribution is -2.49. The molecule has 1 saturated heterocycles. The summed E-state index contributed by atoms with van der Waals surface area (Å²) < 4.78 is 12.1. The van der Waals surface area contributed by atoms with Crippen molar-refractivity contribution in [3.8, 4) is 17.3 Å². The average Bonchev–Trinajstić information content (AvgIpc) is 3.33. The van der Waals surface area contributed by atoms with Gasteiger partial charge in [-0.25, -0.2) is 9.67 Å². The Morgan fingerprint density at radius 1 is 0.966 bits per heavy atom. The maximum Gasteiger partial charge on any atom is 0.257 e. The van der Waals surface area contributed by atoms with Crippen LogP contribution in [-0.4, -0.2) is 76.2 Å². The topological polar surface area (TPSA) is 98.5 Å². The van der Waals surface area contributed by atoms with Crippen molar-refractivity contribution in [1.29, 1.82) is 0 Å². The number of piperazine rings is 1. The predicted octanol–water partition coefficient (Wildman–Crippen LogP) is 1.04. The van der Waals surface area contributed by atoms with Crippen LogP contribution in [0.3, 0.4) is 0 Å². The first-order chi connectivity index (χ1) is 14.2. The number of methoxy groups -OCH3 is 2. The Morgan fingerprint density at radius 2 is 1.72 bits per heavy atom. The molecular formula is C19H21N7O3. The highest BCUT2D eigenvalue weighted by molar-refractivity contribution is 5.97. The SMILES string of the molecule is COc1ccc(OC)c(C(=O)N2CCN(c3ccc(-n4cncn4)nn3)CC2)c1. The van der Waals surface area contributed by atoms with Gasteiger partial charge in [-0.05, 0) is 30.3 Å². The number of benzene rings is 1. The Kier molecular flexibility index (Phi) is 5.23. The van der Waals surface area contributed by atoms with Crippen LogP contribution in [0.15, 0.2) is 43.0 Å². The highest BCUT2D eigenvalue weighted by Crippen LogP contribution is 2.26. The Morgan fingerprint density at radius 3 is 2.34 bits per heavy atom. The third-order valence-corrected chi connectivity index (χ3v) is 4.82. The number of hydrogen-bond donors (Lipinski definition) is 0. The maximum atomic E-state index is 13.0. The van der Waals surface area contributed by atoms with Crippen molar-refractivity contribution >= 4 is 11.7 Å². The number of rotatable bonds is 5. The molecule has 4 rings (SSSR count). The molecule has 0 spiro atoms. The number of aromatic nitrogens is 5. The number of anilines is 1. The zero-order chi connectivity index (χ0) is 20.2. The van der Waals surface area contributed by atoms with E-state index in [-0.39, 0.29) is 5.91 Å². The smallest absolute Gasteiger partial charge is 0.257 e. The van der Waals surface area contributed by atoms with Crippen LogP contribution < -0.4 is 14.4 Å². The summed E-state index contributed by atoms with van der Waals surface area (Å²) in [4.78, 5) is 20.8. The van der Waals surface area contributed by atoms with E-state index in [9.17, 15) is 4.79 Å². The van der Waals surface area contributed by atoms with Crippen LogP contribution in [0.5, 0.6) is 11.5 Å². The quantitative estimate of drug-likeness (QED) is 0.632. The first-order valence-corrected chi connectivity index (χ1v) is 9.14. The van der Waals surface area contributed by atoms with E-state index in [2.05, 4.69) is 25.2 Å². The highest BCUT2D eigenvalue weighted by Gasteiger charge is 2.25. The summed E-state index contributed by atoms with van der Waals surface area (Å²) in [5, 5.41) is 12.5. The average molecular weight is 395 g/mol. The molecule has 3 heterocycles. The molecule has 0 radical (unpaired) electrons. The molecule has 10 nitrogen and oxygen atoms in total. The molecule has 29 heavy (non-hydrogen) atoms. The number of nitrogens with zero attached hydrogens (tertiary/aromatic N) is 7. The van der Waals surface area contributed by atoms with Gasteiger partial charge in [-0.15, -0.1) is 10.2 Å². The first-order valence-electron chi connectivity index (χ1n) is 9.14. The Balaban J connectivity index is 1.42. The van der Waals surface area contributed by atoms with Crippen LogP contribution >= 0.6 is 0 Å². The lowest BCUT2D eigenvalue weighted by Gasteiger charge is -2.35. The third-order valence-electron chi connectivity index (χ3n) is 4.82. The van der Waals surface area contributed by atoms with E-state index in [1.54, 1.807) is 43.4 Å². The van der Waals surface area contributed by atoms with Crippen LogP contribution in [0.25, 0.3) is 5.82 Å². The number of carbonyl (C=O) groups is 1. The van der Waals surface area contributed by atoms with Gasteiger partial charge in [-0.3, -0.25) is 4.79 Å². The summed E-state index contributed by atoms with van der Waals surface area (Å²) in [7, 11) is 3.13. The highest BCUT2D eigenvalue weighted by atomic mass is 16.5. The van der Waals surface area contributed by atoms with Crippen LogP contribution in [0, 0.1) is 0 Å². The monoisotopic (exact) mass is 395 g/mol. The maximum absolute atomic E-state index is 13.0. The van der Waals surface area contributed by atoms with E-state index in [0.717, 1.165) is 5.82 Å². The summed E-state index contributed by atoms with van der Waals surface area (Å²) in [6.45, 7) is 2.47. The number of amides is 1. The molecule has 1 aromatic carbocycles. The van der Waals surface area contributed by atoms with E-state index in [4.69, 9.17) is 9.47 Å². The predicted molar refractivity (Wildman–Crippen MR) is 105 cm³/mol. The molecule has 1 fully saturated rings. The summed E-state index contributed by atoms with van der Waals surface area (Å²) in [5.41, 5.74) is 0.497. The van der Waals surface area contributed by atoms with E-state index >= 15 is 0 Å². The van der Waals surface area contributed by atoms with Crippen molar-refractivity contribution in [2.75, 3.05) is 45.3 Å². The van der Waals surface area contributed by atoms with Gasteiger partial charge in [0.1, 0.15) is 24.2 Å². The van der Waals surface area contributed by atoms with Gasteiger partial charge in [0.25, 0.3) is 5.91 Å². The number of carbonyl (C=O) groups excluding carboxylic acids is 1. The molecule has 1 amide bonds. The van der Waals surface area contributed by atoms with Gasteiger partial charge in [-0.1, -0.05) is 0 Å². The Hall–Kier alpha value is -3.69. The van der Waals surface area contributed by atoms with Gasteiger partial charge >= 0.3 is 0 Å². The van der Waals surface area contributed by atoms with Gasteiger partial charge in [0.05, 0.1) is 19.8 Å². The van der Waals surface area contributed by atoms with Crippen molar-refractivity contribution < 1.29 is 14.3 Å². The molecule has 0 bridgehead atoms. The molecule has 0 aliphatic carbocycles. The zero-order valence-corrected chi connectivity index (χ0v) is 16.2. The second kappa shape index (κ2) is 8.13. The normalized spacial score (nSPS) is 14.0. The van der Waals surface area contributed by atoms with E-state index in [1.807, 2.05) is 17.0 Å². The van der Waals surface area contributed by atoms with Crippen LogP contribution in [-0.2, 0) is 0 Å². The van der Waals surface area contributed by atoms with Crippen molar-refractivity contribution in [2.24, 2.45) is 0 Å². The minimum Gasteiger partial charge on any atom is -0.497 e. The van der Waals surface area contributed by atoms with Crippen molar-refractivity contribution in [1.82, 2.24) is 29.9 Å². The molecule has 0 unspecified atom stereocenters. The standard InChI is InChI=1S/C19H21N7O3/c1-28-14-3-4-16(29-2)15(11-14)19(27)25-9-7-24(8-10-25)17-5-6-18(23-22-17)26-13-20-12-21-26/h3-6,11-13H,7-10H2,1-2H3. The van der Waals surface area contributed by atoms with E-state index < -0.39 is 0 Å². The fourth-order valence-electron chi connectivity index (χ4n) is 3.23. The minimum absolute atomic E-state index is 0.0759. The second-order valence-electron chi connectivity index (χ2n) is 6.44. The molecule has 3 aromatic rings. The largest absolute Gasteiger partial charge is 0.497 e. The van der Waals surface area contributed by atoms with Gasteiger partial charge in [0.15, 0.2) is 11.6 Å². The second-order valence-corrected chi connectivity index (χ2v) is 6.44. The molecule has 150 valence electrons. The van der Waals surface area contributed by atoms with E-state index in [0.29, 0.717) is 49.1 Å². The summed E-state index contributed by atoms with van der Waals surface area (Å²) in [6.07, 6.45) is 3.02. The minimum atomic E-state index is -0.0759. The first kappa shape index (κ1) is 18.7. The molecule has 1 aliphatic rings. The molecular weight excluding hydrogens is 374 g/mol. The Bertz CT molecular complexity index is 968. The van der Waals surface area contributed by atoms with Gasteiger partial charge in [0.2, 0.25) is 0 Å². The van der Waals surface area contributed by atoms with Gasteiger partial charge in [-0.2, -0.15) is 5.10 Å². The fraction of sp³-hybridized carbons (Fsp3) is 0.316. The van der Waals surface area contributed by atoms with Crippen molar-refractivity contribution in [3.05, 3.63) is 48.5 Å². The summed E-state index contributed by atoms with van der Waals surface area (Å²) in [6, 6.07) is 8.97. The number of hydrogen-bond acceptors (Lipinski definition) is 8. The molecule has 0 saturated carbocycles. The van der Waals surface area contributed by atoms with Crippen LogP contribution in [0.1, 0.15) is 10.4 Å². The number of ether oxygens (including phenoxy) is 2. The summed E-state index contributed by atoms with van der Waals surface area (Å²) in [5.74, 6) is 2.45. The third kappa shape index (κ3) is 3.82. The molecule has 2 aromatic heterocycles. The summed E-state index contributed by atoms with van der Waals surface area (Å²) >= 11 is 0. The molecule has 0 N–H and O–H groups in total. The Labute approximate surface area is 167 Å². The molecule has 0 atom stereocenters. The van der Waals surface area contributed by atoms with Crippen molar-refractivity contribution in [2.45, 2.75) is 0 Å². The van der Waals surface area contributed by atoms with Crippen LogP contribution in [0.4, 0.5) is 5.82 Å². The zero-order valence-electron chi connectivity index (χ0n) is 16.2. The van der Waals surface area contributed by atoms with E-state index in [1.165, 1.54) is 6.33 Å². The fourth-order valence-corrected chi connectivity index (χ4v) is 3.23. The molecule has 10 heteroatoms. The van der Waals surface area contributed by atoms with Gasteiger partial charge < -0.3 is 19.3 Å². The lowest BCUT2D eigenvalue weighted by molar-refractivity contribution is 0.0742. The van der Waals surface area contributed by atoms with Gasteiger partial charge in [0, 0.05) is 26.2 Å². The lowest BCUT2D eigenvalue weighted by atomic mass is 10.1.